The molecule has 0 aliphatic rings. The molecule has 2 aromatic carbocycles. The van der Waals surface area contributed by atoms with Crippen molar-refractivity contribution >= 4 is 30.5 Å². The Morgan fingerprint density at radius 3 is 1.55 bits per heavy atom. The van der Waals surface area contributed by atoms with Gasteiger partial charge in [0.2, 0.25) is 0 Å². The Morgan fingerprint density at radius 1 is 0.793 bits per heavy atom. The van der Waals surface area contributed by atoms with E-state index in [0.29, 0.717) is 12.1 Å². The third kappa shape index (κ3) is 6.60. The fraction of sp³-hybridized carbons (Fsp3) is 0.250. The van der Waals surface area contributed by atoms with E-state index in [1.165, 1.54) is 0 Å². The van der Waals surface area contributed by atoms with Gasteiger partial charge in [0.15, 0.2) is 0 Å². The van der Waals surface area contributed by atoms with Gasteiger partial charge in [0.1, 0.15) is 11.5 Å². The molecule has 29 heavy (non-hydrogen) atoms. The molecule has 0 heterocycles. The summed E-state index contributed by atoms with van der Waals surface area (Å²) < 4.78 is 93.3. The zero-order chi connectivity index (χ0) is 21.8. The highest BCUT2D eigenvalue weighted by atomic mass is 35.5. The van der Waals surface area contributed by atoms with Crippen molar-refractivity contribution in [2.24, 2.45) is 5.73 Å². The Morgan fingerprint density at radius 2 is 1.21 bits per heavy atom. The van der Waals surface area contributed by atoms with E-state index in [1.807, 2.05) is 0 Å². The van der Waals surface area contributed by atoms with Gasteiger partial charge in [-0.2, -0.15) is 26.3 Å². The number of hydrogen-bond donors (Lipinski definition) is 1. The molecule has 0 fully saturated rings. The molecule has 2 rings (SSSR count). The first-order valence-electron chi connectivity index (χ1n) is 7.80. The van der Waals surface area contributed by atoms with Crippen molar-refractivity contribution in [1.29, 1.82) is 0 Å². The topological polar surface area (TPSA) is 53.7 Å². The molecule has 4 nitrogen and oxygen atoms in total. The third-order valence-corrected chi connectivity index (χ3v) is 3.98. The van der Waals surface area contributed by atoms with Crippen molar-refractivity contribution in [2.75, 3.05) is 13.2 Å². The second-order valence-electron chi connectivity index (χ2n) is 5.46. The monoisotopic (exact) mass is 461 g/mol. The second-order valence-corrected chi connectivity index (χ2v) is 6.28. The van der Waals surface area contributed by atoms with Crippen LogP contribution in [0.25, 0.3) is 0 Å². The first kappa shape index (κ1) is 23.5. The number of rotatable bonds is 7. The fourth-order valence-corrected chi connectivity index (χ4v) is 2.52. The summed E-state index contributed by atoms with van der Waals surface area (Å²) in [6, 6.07) is 5.33. The Kier molecular flexibility index (Phi) is 7.55. The molecule has 0 aromatic heterocycles. The fourth-order valence-electron chi connectivity index (χ4n) is 2.07. The SMILES string of the molecule is NCCOB(Oc1ccc(Cl)c(C(F)(F)F)c1)Oc1ccc(Cl)c(C(F)(F)F)c1. The predicted octanol–water partition coefficient (Wildman–Crippen LogP) is 5.45. The van der Waals surface area contributed by atoms with Crippen LogP contribution in [0.1, 0.15) is 11.1 Å². The molecule has 13 heteroatoms. The van der Waals surface area contributed by atoms with E-state index in [2.05, 4.69) is 0 Å². The van der Waals surface area contributed by atoms with Gasteiger partial charge in [-0.3, -0.25) is 0 Å². The lowest BCUT2D eigenvalue weighted by Gasteiger charge is -2.18. The lowest BCUT2D eigenvalue weighted by Crippen LogP contribution is -2.35. The predicted molar refractivity (Wildman–Crippen MR) is 94.9 cm³/mol. The van der Waals surface area contributed by atoms with Crippen molar-refractivity contribution in [2.45, 2.75) is 12.4 Å². The molecular formula is C16H12BCl2F6NO3. The normalized spacial score (nSPS) is 12.0. The Balaban J connectivity index is 2.27. The van der Waals surface area contributed by atoms with E-state index in [0.717, 1.165) is 24.3 Å². The zero-order valence-corrected chi connectivity index (χ0v) is 15.8. The van der Waals surface area contributed by atoms with Crippen LogP contribution in [-0.2, 0) is 17.0 Å². The summed E-state index contributed by atoms with van der Waals surface area (Å²) in [6.45, 7) is -0.157. The van der Waals surface area contributed by atoms with Gasteiger partial charge in [0.25, 0.3) is 0 Å². The first-order chi connectivity index (χ1) is 13.4. The molecule has 0 radical (unpaired) electrons. The molecular weight excluding hydrogens is 450 g/mol. The highest BCUT2D eigenvalue weighted by Crippen LogP contribution is 2.38. The quantitative estimate of drug-likeness (QED) is 0.440. The van der Waals surface area contributed by atoms with Crippen LogP contribution in [0.2, 0.25) is 10.0 Å². The summed E-state index contributed by atoms with van der Waals surface area (Å²) in [5.41, 5.74) is 2.96. The van der Waals surface area contributed by atoms with E-state index < -0.39 is 40.8 Å². The minimum absolute atomic E-state index is 0.00788. The molecule has 0 bridgehead atoms. The average Bonchev–Trinajstić information content (AvgIpc) is 2.61. The summed E-state index contributed by atoms with van der Waals surface area (Å²) in [5.74, 6) is -0.678. The van der Waals surface area contributed by atoms with Gasteiger partial charge in [-0.25, -0.2) is 0 Å². The number of halogens is 8. The van der Waals surface area contributed by atoms with Gasteiger partial charge in [-0.05, 0) is 36.4 Å². The molecule has 0 saturated heterocycles. The van der Waals surface area contributed by atoms with Gasteiger partial charge >= 0.3 is 19.7 Å². The Labute approximate surface area is 171 Å². The van der Waals surface area contributed by atoms with Crippen LogP contribution in [0.4, 0.5) is 26.3 Å². The Bertz CT molecular complexity index is 785. The van der Waals surface area contributed by atoms with E-state index in [-0.39, 0.29) is 24.7 Å². The molecule has 0 aliphatic carbocycles. The van der Waals surface area contributed by atoms with Gasteiger partial charge in [-0.1, -0.05) is 23.2 Å². The van der Waals surface area contributed by atoms with Crippen LogP contribution >= 0.6 is 23.2 Å². The highest BCUT2D eigenvalue weighted by Gasteiger charge is 2.36. The van der Waals surface area contributed by atoms with Gasteiger partial charge in [0, 0.05) is 13.2 Å². The smallest absolute Gasteiger partial charge is 0.501 e. The summed E-state index contributed by atoms with van der Waals surface area (Å²) in [4.78, 5) is 0. The van der Waals surface area contributed by atoms with Crippen molar-refractivity contribution < 1.29 is 40.3 Å². The van der Waals surface area contributed by atoms with Gasteiger partial charge in [-0.15, -0.1) is 0 Å². The minimum atomic E-state index is -4.75. The number of hydrogen-bond acceptors (Lipinski definition) is 4. The first-order valence-corrected chi connectivity index (χ1v) is 8.56. The molecule has 0 spiro atoms. The molecule has 0 aliphatic heterocycles. The van der Waals surface area contributed by atoms with Crippen LogP contribution in [-0.4, -0.2) is 20.5 Å². The molecule has 158 valence electrons. The average molecular weight is 462 g/mol. The van der Waals surface area contributed by atoms with Crippen LogP contribution in [0.15, 0.2) is 36.4 Å². The lowest BCUT2D eigenvalue weighted by atomic mass is 10.1. The lowest BCUT2D eigenvalue weighted by molar-refractivity contribution is -0.138. The van der Waals surface area contributed by atoms with Crippen molar-refractivity contribution in [3.63, 3.8) is 0 Å². The van der Waals surface area contributed by atoms with Crippen molar-refractivity contribution in [3.8, 4) is 11.5 Å². The zero-order valence-electron chi connectivity index (χ0n) is 14.3. The minimum Gasteiger partial charge on any atom is -0.501 e. The third-order valence-electron chi connectivity index (χ3n) is 3.32. The molecule has 0 atom stereocenters. The summed E-state index contributed by atoms with van der Waals surface area (Å²) in [7, 11) is -1.69. The van der Waals surface area contributed by atoms with E-state index >= 15 is 0 Å². The highest BCUT2D eigenvalue weighted by molar-refractivity contribution is 6.38. The number of benzene rings is 2. The molecule has 2 N–H and O–H groups in total. The molecule has 0 saturated carbocycles. The van der Waals surface area contributed by atoms with Gasteiger partial charge < -0.3 is 19.7 Å². The summed E-state index contributed by atoms with van der Waals surface area (Å²) >= 11 is 11.1. The summed E-state index contributed by atoms with van der Waals surface area (Å²) in [5, 5.41) is -1.12. The van der Waals surface area contributed by atoms with E-state index in [1.54, 1.807) is 0 Å². The molecule has 0 amide bonds. The number of alkyl halides is 6. The maximum Gasteiger partial charge on any atom is 0.788 e. The van der Waals surface area contributed by atoms with Crippen molar-refractivity contribution in [3.05, 3.63) is 57.6 Å². The maximum absolute atomic E-state index is 13.0. The van der Waals surface area contributed by atoms with Crippen LogP contribution in [0, 0.1) is 0 Å². The standard InChI is InChI=1S/C16H12BCl2F6NO3/c18-13-3-1-9(7-11(13)15(20,21)22)28-17(27-6-5-26)29-10-2-4-14(19)12(8-10)16(23,24)25/h1-4,7-8H,5-6,26H2. The number of nitrogens with two attached hydrogens (primary N) is 1. The van der Waals surface area contributed by atoms with Crippen LogP contribution < -0.4 is 15.0 Å². The molecule has 0 unspecified atom stereocenters. The summed E-state index contributed by atoms with van der Waals surface area (Å²) in [6.07, 6.45) is -9.49. The second kappa shape index (κ2) is 9.33. The van der Waals surface area contributed by atoms with Crippen LogP contribution in [0.5, 0.6) is 11.5 Å². The maximum atomic E-state index is 13.0. The van der Waals surface area contributed by atoms with Gasteiger partial charge in [0.05, 0.1) is 21.2 Å². The largest absolute Gasteiger partial charge is 0.788 e. The van der Waals surface area contributed by atoms with E-state index in [4.69, 9.17) is 42.9 Å². The Hall–Kier alpha value is -1.82. The van der Waals surface area contributed by atoms with Crippen LogP contribution in [0.3, 0.4) is 0 Å². The molecule has 2 aromatic rings. The van der Waals surface area contributed by atoms with E-state index in [9.17, 15) is 26.3 Å². The van der Waals surface area contributed by atoms with Crippen molar-refractivity contribution in [1.82, 2.24) is 0 Å².